The highest BCUT2D eigenvalue weighted by molar-refractivity contribution is 5.95. The minimum Gasteiger partial charge on any atom is -0.478 e. The van der Waals surface area contributed by atoms with Crippen molar-refractivity contribution in [2.24, 2.45) is 0 Å². The molecule has 0 atom stereocenters. The van der Waals surface area contributed by atoms with Crippen LogP contribution >= 0.6 is 0 Å². The van der Waals surface area contributed by atoms with Gasteiger partial charge in [-0.3, -0.25) is 0 Å². The van der Waals surface area contributed by atoms with Gasteiger partial charge in [-0.05, 0) is 12.1 Å². The molecule has 0 radical (unpaired) electrons. The number of para-hydroxylation sites is 1. The molecule has 0 fully saturated rings. The fourth-order valence-corrected chi connectivity index (χ4v) is 1.80. The number of nitrogens with zero attached hydrogens (tertiary/aromatic N) is 2. The van der Waals surface area contributed by atoms with Crippen LogP contribution in [0.4, 0.5) is 17.3 Å². The maximum absolute atomic E-state index is 11.2. The van der Waals surface area contributed by atoms with Crippen molar-refractivity contribution in [3.63, 3.8) is 0 Å². The number of hydrogen-bond acceptors (Lipinski definition) is 6. The van der Waals surface area contributed by atoms with E-state index in [9.17, 15) is 4.79 Å². The first-order chi connectivity index (χ1) is 10.1. The number of carbonyl (C=O) groups is 1. The molecule has 0 saturated heterocycles. The Hall–Kier alpha value is -2.67. The molecule has 21 heavy (non-hydrogen) atoms. The van der Waals surface area contributed by atoms with Crippen LogP contribution in [-0.4, -0.2) is 34.8 Å². The molecule has 110 valence electrons. The normalized spacial score (nSPS) is 10.3. The third-order valence-electron chi connectivity index (χ3n) is 2.74. The fourth-order valence-electron chi connectivity index (χ4n) is 1.80. The number of methoxy groups -OCH3 is 1. The minimum absolute atomic E-state index is 0.160. The summed E-state index contributed by atoms with van der Waals surface area (Å²) in [6.45, 7) is 0.481. The number of carboxylic acids is 1. The van der Waals surface area contributed by atoms with Gasteiger partial charge in [0.2, 0.25) is 0 Å². The van der Waals surface area contributed by atoms with Crippen LogP contribution in [-0.2, 0) is 11.2 Å². The number of hydrogen-bond donors (Lipinski definition) is 3. The van der Waals surface area contributed by atoms with E-state index in [-0.39, 0.29) is 5.56 Å². The summed E-state index contributed by atoms with van der Waals surface area (Å²) in [5.41, 5.74) is 6.34. The molecule has 1 aromatic heterocycles. The van der Waals surface area contributed by atoms with E-state index in [1.54, 1.807) is 31.4 Å². The van der Waals surface area contributed by atoms with Crippen molar-refractivity contribution in [2.75, 3.05) is 24.8 Å². The van der Waals surface area contributed by atoms with Gasteiger partial charge in [-0.25, -0.2) is 14.8 Å². The van der Waals surface area contributed by atoms with Gasteiger partial charge < -0.3 is 20.9 Å². The van der Waals surface area contributed by atoms with Gasteiger partial charge >= 0.3 is 5.97 Å². The first-order valence-corrected chi connectivity index (χ1v) is 6.32. The Labute approximate surface area is 121 Å². The van der Waals surface area contributed by atoms with Crippen LogP contribution in [0.15, 0.2) is 30.3 Å². The van der Waals surface area contributed by atoms with E-state index >= 15 is 0 Å². The first-order valence-electron chi connectivity index (χ1n) is 6.32. The van der Waals surface area contributed by atoms with Crippen molar-refractivity contribution in [3.8, 4) is 0 Å². The van der Waals surface area contributed by atoms with Gasteiger partial charge in [0.1, 0.15) is 17.5 Å². The Kier molecular flexibility index (Phi) is 4.68. The third-order valence-corrected chi connectivity index (χ3v) is 2.74. The number of aromatic carboxylic acids is 1. The number of nitrogen functional groups attached to an aromatic ring is 1. The third kappa shape index (κ3) is 3.90. The summed E-state index contributed by atoms with van der Waals surface area (Å²) < 4.78 is 4.98. The molecule has 0 aliphatic carbocycles. The average molecular weight is 288 g/mol. The number of benzene rings is 1. The average Bonchev–Trinajstić information content (AvgIpc) is 2.45. The van der Waals surface area contributed by atoms with Crippen LogP contribution in [0.25, 0.3) is 0 Å². The van der Waals surface area contributed by atoms with Gasteiger partial charge in [0, 0.05) is 19.6 Å². The van der Waals surface area contributed by atoms with E-state index < -0.39 is 5.97 Å². The zero-order chi connectivity index (χ0) is 15.2. The molecule has 2 rings (SSSR count). The number of nitrogens with two attached hydrogens (primary N) is 1. The van der Waals surface area contributed by atoms with Crippen LogP contribution < -0.4 is 11.1 Å². The zero-order valence-corrected chi connectivity index (χ0v) is 11.5. The molecular weight excluding hydrogens is 272 g/mol. The zero-order valence-electron chi connectivity index (χ0n) is 11.5. The predicted molar refractivity (Wildman–Crippen MR) is 78.7 cm³/mol. The molecule has 7 nitrogen and oxygen atoms in total. The maximum atomic E-state index is 11.2. The summed E-state index contributed by atoms with van der Waals surface area (Å²) in [6, 6.07) is 8.13. The van der Waals surface area contributed by atoms with Crippen molar-refractivity contribution in [1.82, 2.24) is 9.97 Å². The second-order valence-corrected chi connectivity index (χ2v) is 4.31. The molecule has 2 aromatic rings. The van der Waals surface area contributed by atoms with Crippen molar-refractivity contribution in [1.29, 1.82) is 0 Å². The lowest BCUT2D eigenvalue weighted by Gasteiger charge is -2.10. The second kappa shape index (κ2) is 6.67. The highest BCUT2D eigenvalue weighted by Crippen LogP contribution is 2.20. The van der Waals surface area contributed by atoms with Crippen molar-refractivity contribution < 1.29 is 14.6 Å². The van der Waals surface area contributed by atoms with E-state index in [1.807, 2.05) is 0 Å². The van der Waals surface area contributed by atoms with Crippen LogP contribution in [0.2, 0.25) is 0 Å². The Morgan fingerprint density at radius 3 is 2.86 bits per heavy atom. The van der Waals surface area contributed by atoms with Crippen LogP contribution in [0.5, 0.6) is 0 Å². The highest BCUT2D eigenvalue weighted by Gasteiger charge is 2.10. The molecule has 0 aliphatic heterocycles. The number of anilines is 3. The SMILES string of the molecule is COCCc1nc(N)cc(Nc2ccccc2C(=O)O)n1. The highest BCUT2D eigenvalue weighted by atomic mass is 16.5. The predicted octanol–water partition coefficient (Wildman–Crippen LogP) is 1.69. The summed E-state index contributed by atoms with van der Waals surface area (Å²) in [7, 11) is 1.59. The molecule has 7 heteroatoms. The van der Waals surface area contributed by atoms with Gasteiger partial charge in [0.15, 0.2) is 0 Å². The van der Waals surface area contributed by atoms with Gasteiger partial charge in [0.05, 0.1) is 17.9 Å². The molecule has 0 unspecified atom stereocenters. The Morgan fingerprint density at radius 1 is 1.38 bits per heavy atom. The number of aromatic nitrogens is 2. The monoisotopic (exact) mass is 288 g/mol. The number of ether oxygens (including phenoxy) is 1. The van der Waals surface area contributed by atoms with E-state index in [1.165, 1.54) is 6.07 Å². The van der Waals surface area contributed by atoms with Gasteiger partial charge in [-0.1, -0.05) is 12.1 Å². The Bertz CT molecular complexity index is 646. The van der Waals surface area contributed by atoms with Crippen LogP contribution in [0, 0.1) is 0 Å². The number of carboxylic acid groups (broad SMARTS) is 1. The minimum atomic E-state index is -1.01. The van der Waals surface area contributed by atoms with Gasteiger partial charge in [-0.2, -0.15) is 0 Å². The van der Waals surface area contributed by atoms with E-state index in [4.69, 9.17) is 15.6 Å². The van der Waals surface area contributed by atoms with E-state index in [2.05, 4.69) is 15.3 Å². The lowest BCUT2D eigenvalue weighted by molar-refractivity contribution is 0.0698. The summed E-state index contributed by atoms with van der Waals surface area (Å²) in [4.78, 5) is 19.6. The Morgan fingerprint density at radius 2 is 2.14 bits per heavy atom. The molecule has 4 N–H and O–H groups in total. The van der Waals surface area contributed by atoms with Gasteiger partial charge in [0.25, 0.3) is 0 Å². The number of nitrogens with one attached hydrogen (secondary N) is 1. The second-order valence-electron chi connectivity index (χ2n) is 4.31. The Balaban J connectivity index is 2.27. The van der Waals surface area contributed by atoms with E-state index in [0.29, 0.717) is 36.2 Å². The molecule has 0 bridgehead atoms. The van der Waals surface area contributed by atoms with Crippen LogP contribution in [0.3, 0.4) is 0 Å². The molecule has 0 spiro atoms. The fraction of sp³-hybridized carbons (Fsp3) is 0.214. The van der Waals surface area contributed by atoms with Crippen molar-refractivity contribution >= 4 is 23.3 Å². The molecular formula is C14H16N4O3. The molecule has 0 aliphatic rings. The largest absolute Gasteiger partial charge is 0.478 e. The molecule has 0 saturated carbocycles. The summed E-state index contributed by atoms with van der Waals surface area (Å²) in [5.74, 6) is 0.278. The summed E-state index contributed by atoms with van der Waals surface area (Å²) in [6.07, 6.45) is 0.525. The van der Waals surface area contributed by atoms with Gasteiger partial charge in [-0.15, -0.1) is 0 Å². The lowest BCUT2D eigenvalue weighted by Crippen LogP contribution is -2.08. The summed E-state index contributed by atoms with van der Waals surface area (Å²) >= 11 is 0. The molecule has 0 amide bonds. The quantitative estimate of drug-likeness (QED) is 0.741. The standard InChI is InChI=1S/C14H16N4O3/c1-21-7-6-12-17-11(15)8-13(18-12)16-10-5-3-2-4-9(10)14(19)20/h2-5,8H,6-7H2,1H3,(H,19,20)(H3,15,16,17,18). The van der Waals surface area contributed by atoms with Crippen LogP contribution in [0.1, 0.15) is 16.2 Å². The molecule has 1 heterocycles. The summed E-state index contributed by atoms with van der Waals surface area (Å²) in [5, 5.41) is 12.1. The molecule has 1 aromatic carbocycles. The smallest absolute Gasteiger partial charge is 0.337 e. The number of rotatable bonds is 6. The topological polar surface area (TPSA) is 110 Å². The van der Waals surface area contributed by atoms with Crippen molar-refractivity contribution in [3.05, 3.63) is 41.7 Å². The van der Waals surface area contributed by atoms with E-state index in [0.717, 1.165) is 0 Å². The maximum Gasteiger partial charge on any atom is 0.337 e. The first kappa shape index (κ1) is 14.7. The lowest BCUT2D eigenvalue weighted by atomic mass is 10.2. The van der Waals surface area contributed by atoms with Crippen molar-refractivity contribution in [2.45, 2.75) is 6.42 Å².